The van der Waals surface area contributed by atoms with Crippen LogP contribution in [0.1, 0.15) is 25.6 Å². The van der Waals surface area contributed by atoms with Crippen LogP contribution in [0.2, 0.25) is 0 Å². The van der Waals surface area contributed by atoms with Gasteiger partial charge in [0.1, 0.15) is 5.82 Å². The van der Waals surface area contributed by atoms with Crippen LogP contribution in [0.3, 0.4) is 0 Å². The second kappa shape index (κ2) is 7.43. The third kappa shape index (κ3) is 4.44. The number of unbranched alkanes of at least 4 members (excludes halogenated alkanes) is 1. The van der Waals surface area contributed by atoms with E-state index in [2.05, 4.69) is 16.5 Å². The van der Waals surface area contributed by atoms with Crippen molar-refractivity contribution in [1.82, 2.24) is 9.55 Å². The lowest BCUT2D eigenvalue weighted by atomic mass is 10.4. The molecule has 0 aliphatic rings. The van der Waals surface area contributed by atoms with Crippen molar-refractivity contribution < 1.29 is 4.74 Å². The first-order valence-electron chi connectivity index (χ1n) is 5.66. The standard InChI is InChI=1S/C11H21N3O/c1-2-3-9-15-10-8-14-7-6-13-11(14)4-5-12/h6-7H,2-5,8-10,12H2,1H3. The van der Waals surface area contributed by atoms with Gasteiger partial charge in [-0.05, 0) is 13.0 Å². The molecule has 0 saturated heterocycles. The number of hydrogen-bond donors (Lipinski definition) is 1. The van der Waals surface area contributed by atoms with Crippen LogP contribution in [0.15, 0.2) is 12.4 Å². The predicted molar refractivity (Wildman–Crippen MR) is 60.7 cm³/mol. The van der Waals surface area contributed by atoms with Crippen LogP contribution in [-0.4, -0.2) is 29.3 Å². The molecule has 4 nitrogen and oxygen atoms in total. The Morgan fingerprint density at radius 3 is 3.07 bits per heavy atom. The van der Waals surface area contributed by atoms with E-state index in [1.165, 1.54) is 6.42 Å². The first kappa shape index (κ1) is 12.2. The van der Waals surface area contributed by atoms with Crippen LogP contribution in [-0.2, 0) is 17.7 Å². The predicted octanol–water partition coefficient (Wildman–Crippen LogP) is 1.20. The molecule has 0 saturated carbocycles. The van der Waals surface area contributed by atoms with Crippen molar-refractivity contribution in [2.24, 2.45) is 5.73 Å². The first-order chi connectivity index (χ1) is 7.38. The fourth-order valence-electron chi connectivity index (χ4n) is 1.41. The van der Waals surface area contributed by atoms with E-state index in [4.69, 9.17) is 10.5 Å². The van der Waals surface area contributed by atoms with E-state index in [0.29, 0.717) is 6.54 Å². The van der Waals surface area contributed by atoms with Gasteiger partial charge in [-0.2, -0.15) is 0 Å². The number of nitrogens with two attached hydrogens (primary N) is 1. The van der Waals surface area contributed by atoms with Crippen LogP contribution >= 0.6 is 0 Å². The lowest BCUT2D eigenvalue weighted by Gasteiger charge is -2.07. The SMILES string of the molecule is CCCCOCCn1ccnc1CCN. The van der Waals surface area contributed by atoms with Crippen molar-refractivity contribution in [3.05, 3.63) is 18.2 Å². The summed E-state index contributed by atoms with van der Waals surface area (Å²) in [6.45, 7) is 5.30. The molecule has 0 unspecified atom stereocenters. The summed E-state index contributed by atoms with van der Waals surface area (Å²) in [5.74, 6) is 1.05. The molecule has 0 aliphatic carbocycles. The van der Waals surface area contributed by atoms with Crippen molar-refractivity contribution in [2.75, 3.05) is 19.8 Å². The monoisotopic (exact) mass is 211 g/mol. The van der Waals surface area contributed by atoms with Crippen molar-refractivity contribution in [2.45, 2.75) is 32.7 Å². The highest BCUT2D eigenvalue weighted by Crippen LogP contribution is 1.98. The van der Waals surface area contributed by atoms with E-state index in [-0.39, 0.29) is 0 Å². The minimum atomic E-state index is 0.647. The quantitative estimate of drug-likeness (QED) is 0.657. The van der Waals surface area contributed by atoms with Gasteiger partial charge in [0.2, 0.25) is 0 Å². The summed E-state index contributed by atoms with van der Waals surface area (Å²) in [4.78, 5) is 4.25. The zero-order valence-electron chi connectivity index (χ0n) is 9.48. The second-order valence-corrected chi connectivity index (χ2v) is 3.54. The highest BCUT2D eigenvalue weighted by molar-refractivity contribution is 4.92. The summed E-state index contributed by atoms with van der Waals surface area (Å²) >= 11 is 0. The molecule has 0 aliphatic heterocycles. The topological polar surface area (TPSA) is 53.1 Å². The Morgan fingerprint density at radius 2 is 2.33 bits per heavy atom. The van der Waals surface area contributed by atoms with Crippen molar-refractivity contribution in [1.29, 1.82) is 0 Å². The Hall–Kier alpha value is -0.870. The minimum absolute atomic E-state index is 0.647. The lowest BCUT2D eigenvalue weighted by molar-refractivity contribution is 0.123. The molecule has 1 aromatic rings. The number of imidazole rings is 1. The number of hydrogen-bond acceptors (Lipinski definition) is 3. The smallest absolute Gasteiger partial charge is 0.109 e. The maximum absolute atomic E-state index is 5.50. The Morgan fingerprint density at radius 1 is 1.47 bits per heavy atom. The van der Waals surface area contributed by atoms with Crippen molar-refractivity contribution in [3.8, 4) is 0 Å². The zero-order chi connectivity index (χ0) is 10.9. The number of ether oxygens (including phenoxy) is 1. The second-order valence-electron chi connectivity index (χ2n) is 3.54. The van der Waals surface area contributed by atoms with Crippen LogP contribution in [0.25, 0.3) is 0 Å². The van der Waals surface area contributed by atoms with Crippen molar-refractivity contribution >= 4 is 0 Å². The number of rotatable bonds is 8. The Kier molecular flexibility index (Phi) is 6.04. The molecule has 1 heterocycles. The van der Waals surface area contributed by atoms with Gasteiger partial charge in [0.05, 0.1) is 6.61 Å². The van der Waals surface area contributed by atoms with Crippen LogP contribution in [0, 0.1) is 0 Å². The summed E-state index contributed by atoms with van der Waals surface area (Å²) in [5.41, 5.74) is 5.50. The Balaban J connectivity index is 2.21. The molecule has 0 atom stereocenters. The van der Waals surface area contributed by atoms with Crippen LogP contribution in [0.4, 0.5) is 0 Å². The Bertz CT molecular complexity index is 260. The average molecular weight is 211 g/mol. The molecule has 0 amide bonds. The number of nitrogens with zero attached hydrogens (tertiary/aromatic N) is 2. The molecule has 15 heavy (non-hydrogen) atoms. The molecule has 2 N–H and O–H groups in total. The molecule has 86 valence electrons. The van der Waals surface area contributed by atoms with Gasteiger partial charge in [-0.3, -0.25) is 0 Å². The molecule has 1 rings (SSSR count). The maximum Gasteiger partial charge on any atom is 0.109 e. The summed E-state index contributed by atoms with van der Waals surface area (Å²) in [6.07, 6.45) is 6.95. The van der Waals surface area contributed by atoms with E-state index in [1.54, 1.807) is 0 Å². The van der Waals surface area contributed by atoms with E-state index < -0.39 is 0 Å². The Labute approximate surface area is 91.4 Å². The van der Waals surface area contributed by atoms with Gasteiger partial charge in [0.25, 0.3) is 0 Å². The molecule has 4 heteroatoms. The first-order valence-corrected chi connectivity index (χ1v) is 5.66. The van der Waals surface area contributed by atoms with E-state index in [9.17, 15) is 0 Å². The van der Waals surface area contributed by atoms with Crippen LogP contribution < -0.4 is 5.73 Å². The van der Waals surface area contributed by atoms with E-state index >= 15 is 0 Å². The molecule has 0 radical (unpaired) electrons. The average Bonchev–Trinajstić information content (AvgIpc) is 2.66. The zero-order valence-corrected chi connectivity index (χ0v) is 9.48. The third-order valence-corrected chi connectivity index (χ3v) is 2.29. The van der Waals surface area contributed by atoms with E-state index in [1.807, 2.05) is 12.4 Å². The maximum atomic E-state index is 5.50. The normalized spacial score (nSPS) is 10.8. The third-order valence-electron chi connectivity index (χ3n) is 2.29. The molecule has 0 fully saturated rings. The molecular formula is C11H21N3O. The summed E-state index contributed by atoms with van der Waals surface area (Å²) < 4.78 is 7.61. The molecular weight excluding hydrogens is 190 g/mol. The highest BCUT2D eigenvalue weighted by Gasteiger charge is 2.00. The van der Waals surface area contributed by atoms with E-state index in [0.717, 1.165) is 38.4 Å². The molecule has 0 bridgehead atoms. The van der Waals surface area contributed by atoms with Crippen molar-refractivity contribution in [3.63, 3.8) is 0 Å². The highest BCUT2D eigenvalue weighted by atomic mass is 16.5. The summed E-state index contributed by atoms with van der Waals surface area (Å²) in [7, 11) is 0. The van der Waals surface area contributed by atoms with Gasteiger partial charge in [-0.15, -0.1) is 0 Å². The van der Waals surface area contributed by atoms with Gasteiger partial charge in [-0.25, -0.2) is 4.98 Å². The fourth-order valence-corrected chi connectivity index (χ4v) is 1.41. The van der Waals surface area contributed by atoms with Gasteiger partial charge in [-0.1, -0.05) is 13.3 Å². The molecule has 1 aromatic heterocycles. The number of aromatic nitrogens is 2. The van der Waals surface area contributed by atoms with Gasteiger partial charge in [0, 0.05) is 32.0 Å². The minimum Gasteiger partial charge on any atom is -0.380 e. The molecule has 0 aromatic carbocycles. The molecule has 0 spiro atoms. The van der Waals surface area contributed by atoms with Crippen LogP contribution in [0.5, 0.6) is 0 Å². The lowest BCUT2D eigenvalue weighted by Crippen LogP contribution is -2.12. The fraction of sp³-hybridized carbons (Fsp3) is 0.727. The van der Waals surface area contributed by atoms with Gasteiger partial charge < -0.3 is 15.0 Å². The van der Waals surface area contributed by atoms with Gasteiger partial charge in [0.15, 0.2) is 0 Å². The largest absolute Gasteiger partial charge is 0.380 e. The summed E-state index contributed by atoms with van der Waals surface area (Å²) in [5, 5.41) is 0. The summed E-state index contributed by atoms with van der Waals surface area (Å²) in [6, 6.07) is 0. The van der Waals surface area contributed by atoms with Gasteiger partial charge >= 0.3 is 0 Å².